The molecule has 3 aliphatic rings. The number of thiol groups is 2. The molecule has 4 aromatic rings. The number of fused-ring (bicyclic) bond motifs is 5. The number of halogens is 1. The smallest absolute Gasteiger partial charge is 0.386 e. The lowest BCUT2D eigenvalue weighted by atomic mass is 10.1. The van der Waals surface area contributed by atoms with Gasteiger partial charge < -0.3 is 30.4 Å². The summed E-state index contributed by atoms with van der Waals surface area (Å²) in [6, 6.07) is -0.755. The van der Waals surface area contributed by atoms with Crippen molar-refractivity contribution in [2.24, 2.45) is 0 Å². The van der Waals surface area contributed by atoms with E-state index in [-0.39, 0.29) is 29.2 Å². The van der Waals surface area contributed by atoms with Crippen LogP contribution >= 0.6 is 37.9 Å². The molecule has 5 N–H and O–H groups in total. The number of nitrogen functional groups attached to an aromatic ring is 2. The molecule has 230 valence electrons. The molecule has 0 radical (unpaired) electrons. The van der Waals surface area contributed by atoms with Gasteiger partial charge in [0.2, 0.25) is 0 Å². The summed E-state index contributed by atoms with van der Waals surface area (Å²) in [4.78, 5) is 20.6. The first kappa shape index (κ1) is 29.4. The zero-order valence-electron chi connectivity index (χ0n) is 22.2. The minimum absolute atomic E-state index is 0.00172. The van der Waals surface area contributed by atoms with Gasteiger partial charge in [-0.1, -0.05) is 24.5 Å². The fourth-order valence-electron chi connectivity index (χ4n) is 6.07. The molecule has 1 aliphatic carbocycles. The van der Waals surface area contributed by atoms with Gasteiger partial charge in [-0.2, -0.15) is 0 Å². The molecule has 2 aliphatic heterocycles. The molecule has 6 heterocycles. The van der Waals surface area contributed by atoms with Crippen LogP contribution < -0.4 is 11.5 Å². The van der Waals surface area contributed by atoms with Gasteiger partial charge in [-0.05, 0) is 12.5 Å². The maximum atomic E-state index is 16.3. The Labute approximate surface area is 253 Å². The molecule has 4 aromatic heterocycles. The standard InChI is InChI=1S/C22H26FN9O7P2S2/c1-8-3-26-19(24)13-15(8)31(6-29-13)9-2-10-16(33)17(9)39-41(35,43)36-4-11-18(40(34,42)38-10)12(23)22(37-11)32-7-30-14-20(25)27-5-28-21(14)32/h3,5-7,9-12,16-18,22,33H,2,4H2,1H3,(H2,24,26)(H,34,42)(H,35,43)(H2,25,27,28)/t9-,10+,11-,12-,16-,17+,18-,22-,40?,41?/m1/s1. The number of nitrogens with zero attached hydrogens (tertiary/aromatic N) is 7. The van der Waals surface area contributed by atoms with E-state index in [9.17, 15) is 14.2 Å². The lowest BCUT2D eigenvalue weighted by Crippen LogP contribution is -2.35. The summed E-state index contributed by atoms with van der Waals surface area (Å²) in [5.41, 5.74) is 12.5. The number of nitrogens with two attached hydrogens (primary N) is 2. The van der Waals surface area contributed by atoms with E-state index in [2.05, 4.69) is 49.4 Å². The molecule has 43 heavy (non-hydrogen) atoms. The van der Waals surface area contributed by atoms with Crippen molar-refractivity contribution < 1.29 is 36.9 Å². The predicted octanol–water partition coefficient (Wildman–Crippen LogP) is 2.62. The molecule has 21 heteroatoms. The average Bonchev–Trinajstić information content (AvgIpc) is 3.70. The number of rotatable bonds is 2. The Bertz CT molecular complexity index is 1850. The predicted molar refractivity (Wildman–Crippen MR) is 158 cm³/mol. The lowest BCUT2D eigenvalue weighted by molar-refractivity contribution is -0.0358. The molecule has 0 aromatic carbocycles. The second kappa shape index (κ2) is 10.4. The summed E-state index contributed by atoms with van der Waals surface area (Å²) < 4.78 is 70.2. The van der Waals surface area contributed by atoms with Gasteiger partial charge in [0.1, 0.15) is 35.2 Å². The molecule has 2 bridgehead atoms. The number of anilines is 2. The number of aromatic nitrogens is 7. The number of aliphatic hydroxyl groups is 1. The maximum absolute atomic E-state index is 16.3. The van der Waals surface area contributed by atoms with Gasteiger partial charge in [0.25, 0.3) is 6.57 Å². The summed E-state index contributed by atoms with van der Waals surface area (Å²) in [6.45, 7) is -7.22. The highest BCUT2D eigenvalue weighted by Gasteiger charge is 2.59. The summed E-state index contributed by atoms with van der Waals surface area (Å²) >= 11 is 8.46. The van der Waals surface area contributed by atoms with E-state index in [0.717, 1.165) is 5.56 Å². The molecule has 16 nitrogen and oxygen atoms in total. The fraction of sp³-hybridized carbons (Fsp3) is 0.500. The molecule has 3 fully saturated rings. The van der Waals surface area contributed by atoms with Crippen LogP contribution in [0.4, 0.5) is 16.0 Å². The third-order valence-corrected chi connectivity index (χ3v) is 12.7. The van der Waals surface area contributed by atoms with E-state index >= 15 is 4.39 Å². The molecular formula is C22H26FN9O7P2S2. The van der Waals surface area contributed by atoms with Gasteiger partial charge in [-0.3, -0.25) is 18.2 Å². The molecule has 0 spiro atoms. The van der Waals surface area contributed by atoms with Crippen LogP contribution in [0.2, 0.25) is 0 Å². The normalized spacial score (nSPS) is 38.3. The van der Waals surface area contributed by atoms with Crippen LogP contribution in [0.1, 0.15) is 24.3 Å². The highest BCUT2D eigenvalue weighted by Crippen LogP contribution is 2.67. The van der Waals surface area contributed by atoms with Crippen LogP contribution in [0, 0.1) is 6.92 Å². The van der Waals surface area contributed by atoms with Gasteiger partial charge >= 0.3 is 6.80 Å². The minimum atomic E-state index is -4.25. The minimum Gasteiger partial charge on any atom is -0.388 e. The van der Waals surface area contributed by atoms with Crippen LogP contribution in [-0.4, -0.2) is 82.0 Å². The van der Waals surface area contributed by atoms with Crippen molar-refractivity contribution in [3.63, 3.8) is 0 Å². The Morgan fingerprint density at radius 2 is 1.74 bits per heavy atom. The number of hydrogen-bond acceptors (Lipinski definition) is 14. The molecule has 2 unspecified atom stereocenters. The number of hydrogen-bond donors (Lipinski definition) is 5. The lowest BCUT2D eigenvalue weighted by Gasteiger charge is -2.28. The van der Waals surface area contributed by atoms with Crippen molar-refractivity contribution in [3.8, 4) is 0 Å². The van der Waals surface area contributed by atoms with E-state index in [1.165, 1.54) is 23.5 Å². The largest absolute Gasteiger partial charge is 0.388 e. The fourth-order valence-corrected chi connectivity index (χ4v) is 10.6. The molecule has 0 amide bonds. The topological polar surface area (TPSA) is 218 Å². The van der Waals surface area contributed by atoms with Gasteiger partial charge in [-0.25, -0.2) is 33.9 Å². The number of aryl methyl sites for hydroxylation is 1. The van der Waals surface area contributed by atoms with Crippen LogP contribution in [0.25, 0.3) is 22.2 Å². The van der Waals surface area contributed by atoms with Crippen LogP contribution in [0.15, 0.2) is 25.2 Å². The van der Waals surface area contributed by atoms with Gasteiger partial charge in [0.15, 0.2) is 29.7 Å². The molecule has 7 rings (SSSR count). The Balaban J connectivity index is 1.26. The average molecular weight is 674 g/mol. The van der Waals surface area contributed by atoms with Crippen LogP contribution in [0.5, 0.6) is 0 Å². The Morgan fingerprint density at radius 3 is 2.53 bits per heavy atom. The van der Waals surface area contributed by atoms with Gasteiger partial charge in [-0.15, -0.1) is 0 Å². The van der Waals surface area contributed by atoms with Crippen molar-refractivity contribution in [3.05, 3.63) is 30.7 Å². The highest BCUT2D eigenvalue weighted by atomic mass is 32.7. The van der Waals surface area contributed by atoms with E-state index in [4.69, 9.17) is 29.8 Å². The first-order valence-electron chi connectivity index (χ1n) is 13.0. The number of alkyl halides is 1. The van der Waals surface area contributed by atoms with E-state index < -0.39 is 68.5 Å². The second-order valence-corrected chi connectivity index (χ2v) is 17.1. The third-order valence-electron chi connectivity index (χ3n) is 8.01. The van der Waals surface area contributed by atoms with Crippen molar-refractivity contribution in [2.75, 3.05) is 18.1 Å². The summed E-state index contributed by atoms with van der Waals surface area (Å²) in [5, 5.41) is 11.4. The molecular weight excluding hydrogens is 647 g/mol. The van der Waals surface area contributed by atoms with Crippen molar-refractivity contribution >= 4 is 71.7 Å². The van der Waals surface area contributed by atoms with Gasteiger partial charge in [0, 0.05) is 12.6 Å². The number of ether oxygens (including phenoxy) is 1. The summed E-state index contributed by atoms with van der Waals surface area (Å²) in [5.74, 6) is 0.266. The van der Waals surface area contributed by atoms with Crippen LogP contribution in [-0.2, 0) is 27.4 Å². The van der Waals surface area contributed by atoms with E-state index in [0.29, 0.717) is 11.0 Å². The monoisotopic (exact) mass is 673 g/mol. The summed E-state index contributed by atoms with van der Waals surface area (Å²) in [7, 11) is 0. The van der Waals surface area contributed by atoms with Crippen molar-refractivity contribution in [1.29, 1.82) is 0 Å². The Kier molecular flexibility index (Phi) is 7.07. The number of aliphatic hydroxyl groups excluding tert-OH is 1. The molecule has 10 atom stereocenters. The first-order valence-corrected chi connectivity index (χ1v) is 18.6. The van der Waals surface area contributed by atoms with E-state index in [1.807, 2.05) is 0 Å². The first-order chi connectivity index (χ1) is 20.4. The maximum Gasteiger partial charge on any atom is 0.386 e. The van der Waals surface area contributed by atoms with E-state index in [1.54, 1.807) is 17.7 Å². The Hall–Kier alpha value is -2.34. The zero-order chi connectivity index (χ0) is 30.4. The van der Waals surface area contributed by atoms with Crippen molar-refractivity contribution in [2.45, 2.75) is 61.9 Å². The molecule has 1 saturated carbocycles. The second-order valence-electron chi connectivity index (χ2n) is 10.6. The van der Waals surface area contributed by atoms with Crippen molar-refractivity contribution in [1.82, 2.24) is 34.1 Å². The SMILES string of the molecule is Cc1cnc(N)c2ncn([C@@H]3C[C@@H]4OP(=O)(S)[C@H]5[C@@H](F)[C@H](n6cnc7c(N)ncnc76)O[C@@H]5COP(=O)(S)O[C@@H]3[C@@H]4O)c12. The third kappa shape index (κ3) is 4.76. The summed E-state index contributed by atoms with van der Waals surface area (Å²) in [6.07, 6.45) is -3.06. The van der Waals surface area contributed by atoms with Gasteiger partial charge in [0.05, 0.1) is 43.0 Å². The zero-order valence-corrected chi connectivity index (χ0v) is 25.8. The highest BCUT2D eigenvalue weighted by molar-refractivity contribution is 8.46. The van der Waals surface area contributed by atoms with Crippen LogP contribution in [0.3, 0.4) is 0 Å². The molecule has 2 saturated heterocycles. The number of pyridine rings is 1. The Morgan fingerprint density at radius 1 is 1.02 bits per heavy atom. The number of imidazole rings is 2. The quantitative estimate of drug-likeness (QED) is 0.153.